The minimum absolute atomic E-state index is 0.165. The molecule has 1 aromatic heterocycles. The van der Waals surface area contributed by atoms with Crippen molar-refractivity contribution in [1.29, 1.82) is 0 Å². The minimum Gasteiger partial charge on any atom is -0.322 e. The van der Waals surface area contributed by atoms with Crippen LogP contribution in [0.5, 0.6) is 0 Å². The Bertz CT molecular complexity index is 1290. The van der Waals surface area contributed by atoms with Gasteiger partial charge in [-0.2, -0.15) is 0 Å². The molecule has 0 bridgehead atoms. The van der Waals surface area contributed by atoms with Gasteiger partial charge in [0, 0.05) is 27.9 Å². The number of benzene rings is 3. The van der Waals surface area contributed by atoms with Crippen LogP contribution in [-0.4, -0.2) is 17.1 Å². The number of thioether (sulfide) groups is 1. The molecule has 5 heteroatoms. The van der Waals surface area contributed by atoms with Gasteiger partial charge >= 0.3 is 0 Å². The maximum Gasteiger partial charge on any atom is 0.256 e. The first-order valence-electron chi connectivity index (χ1n) is 10.8. The molecule has 0 fully saturated rings. The van der Waals surface area contributed by atoms with Gasteiger partial charge in [-0.15, -0.1) is 11.8 Å². The van der Waals surface area contributed by atoms with E-state index in [1.54, 1.807) is 24.0 Å². The Morgan fingerprint density at radius 2 is 1.79 bits per heavy atom. The minimum atomic E-state index is -0.165. The number of carbonyl (C=O) groups excluding carboxylic acids is 1. The number of pyridine rings is 1. The molecular formula is C28H25ClN2OS. The van der Waals surface area contributed by atoms with Gasteiger partial charge in [0.25, 0.3) is 5.91 Å². The second kappa shape index (κ2) is 10.2. The Morgan fingerprint density at radius 3 is 2.52 bits per heavy atom. The fourth-order valence-electron chi connectivity index (χ4n) is 3.67. The van der Waals surface area contributed by atoms with Gasteiger partial charge in [0.15, 0.2) is 0 Å². The zero-order chi connectivity index (χ0) is 23.4. The summed E-state index contributed by atoms with van der Waals surface area (Å²) < 4.78 is 0. The molecule has 4 rings (SSSR count). The van der Waals surface area contributed by atoms with Crippen molar-refractivity contribution in [2.24, 2.45) is 0 Å². The summed E-state index contributed by atoms with van der Waals surface area (Å²) in [6.45, 7) is 4.34. The Morgan fingerprint density at radius 1 is 0.939 bits per heavy atom. The van der Waals surface area contributed by atoms with Crippen LogP contribution in [0.3, 0.4) is 0 Å². The van der Waals surface area contributed by atoms with Crippen molar-refractivity contribution >= 4 is 35.0 Å². The molecule has 0 aliphatic heterocycles. The Hall–Kier alpha value is -3.08. The second-order valence-electron chi connectivity index (χ2n) is 8.06. The summed E-state index contributed by atoms with van der Waals surface area (Å²) in [7, 11) is 0. The number of rotatable bonds is 6. The molecule has 0 saturated heterocycles. The molecule has 0 aliphatic carbocycles. The number of anilines is 1. The summed E-state index contributed by atoms with van der Waals surface area (Å²) in [6.07, 6.45) is 3.76. The molecule has 0 spiro atoms. The van der Waals surface area contributed by atoms with Gasteiger partial charge < -0.3 is 5.32 Å². The summed E-state index contributed by atoms with van der Waals surface area (Å²) in [5.74, 6) is 0.243. The molecule has 0 aliphatic rings. The predicted octanol–water partition coefficient (Wildman–Crippen LogP) is 8.17. The molecule has 0 radical (unpaired) electrons. The average Bonchev–Trinajstić information content (AvgIpc) is 2.85. The van der Waals surface area contributed by atoms with Gasteiger partial charge in [0.05, 0.1) is 10.7 Å². The van der Waals surface area contributed by atoms with Crippen LogP contribution in [-0.2, 0) is 0 Å². The lowest BCUT2D eigenvalue weighted by Gasteiger charge is -2.15. The number of amides is 1. The highest BCUT2D eigenvalue weighted by Gasteiger charge is 2.16. The van der Waals surface area contributed by atoms with Crippen molar-refractivity contribution in [3.05, 3.63) is 101 Å². The van der Waals surface area contributed by atoms with Crippen molar-refractivity contribution in [3.63, 3.8) is 0 Å². The topological polar surface area (TPSA) is 42.0 Å². The van der Waals surface area contributed by atoms with Gasteiger partial charge in [0.2, 0.25) is 0 Å². The molecule has 0 unspecified atom stereocenters. The highest BCUT2D eigenvalue weighted by Crippen LogP contribution is 2.32. The average molecular weight is 473 g/mol. The number of hydrogen-bond acceptors (Lipinski definition) is 3. The van der Waals surface area contributed by atoms with E-state index in [1.165, 1.54) is 5.56 Å². The SMILES string of the molecule is CSc1ccc(C(=O)Nc2ccc(Cl)c(-c3ccccn3)c2)c(-c2cccc(C(C)C)c2)c1. The lowest BCUT2D eigenvalue weighted by atomic mass is 9.94. The molecule has 0 saturated carbocycles. The fraction of sp³-hybridized carbons (Fsp3) is 0.143. The van der Waals surface area contributed by atoms with Crippen molar-refractivity contribution in [3.8, 4) is 22.4 Å². The Balaban J connectivity index is 1.70. The van der Waals surface area contributed by atoms with E-state index < -0.39 is 0 Å². The largest absolute Gasteiger partial charge is 0.322 e. The number of hydrogen-bond donors (Lipinski definition) is 1. The van der Waals surface area contributed by atoms with E-state index in [0.29, 0.717) is 22.2 Å². The van der Waals surface area contributed by atoms with Gasteiger partial charge in [-0.25, -0.2) is 0 Å². The number of carbonyl (C=O) groups is 1. The quantitative estimate of drug-likeness (QED) is 0.288. The molecule has 166 valence electrons. The van der Waals surface area contributed by atoms with E-state index in [-0.39, 0.29) is 5.91 Å². The normalized spacial score (nSPS) is 10.9. The van der Waals surface area contributed by atoms with Crippen LogP contribution in [0.15, 0.2) is 90.0 Å². The summed E-state index contributed by atoms with van der Waals surface area (Å²) >= 11 is 8.07. The van der Waals surface area contributed by atoms with Crippen LogP contribution >= 0.6 is 23.4 Å². The smallest absolute Gasteiger partial charge is 0.256 e. The monoisotopic (exact) mass is 472 g/mol. The van der Waals surface area contributed by atoms with Crippen LogP contribution in [0.4, 0.5) is 5.69 Å². The van der Waals surface area contributed by atoms with E-state index in [0.717, 1.165) is 27.3 Å². The molecule has 4 aromatic rings. The van der Waals surface area contributed by atoms with Gasteiger partial charge in [-0.1, -0.05) is 55.8 Å². The molecule has 33 heavy (non-hydrogen) atoms. The maximum absolute atomic E-state index is 13.4. The molecule has 3 nitrogen and oxygen atoms in total. The van der Waals surface area contributed by atoms with Gasteiger partial charge in [-0.05, 0) is 77.4 Å². The van der Waals surface area contributed by atoms with Crippen molar-refractivity contribution < 1.29 is 4.79 Å². The van der Waals surface area contributed by atoms with Crippen molar-refractivity contribution in [1.82, 2.24) is 4.98 Å². The number of halogens is 1. The molecule has 1 amide bonds. The summed E-state index contributed by atoms with van der Waals surface area (Å²) in [5, 5.41) is 3.63. The first kappa shape index (κ1) is 23.1. The lowest BCUT2D eigenvalue weighted by Crippen LogP contribution is -2.13. The second-order valence-corrected chi connectivity index (χ2v) is 9.34. The number of nitrogens with zero attached hydrogens (tertiary/aromatic N) is 1. The van der Waals surface area contributed by atoms with Crippen LogP contribution in [0.25, 0.3) is 22.4 Å². The van der Waals surface area contributed by atoms with E-state index in [2.05, 4.69) is 54.5 Å². The van der Waals surface area contributed by atoms with Crippen LogP contribution in [0, 0.1) is 0 Å². The zero-order valence-corrected chi connectivity index (χ0v) is 20.4. The zero-order valence-electron chi connectivity index (χ0n) is 18.8. The molecule has 0 atom stereocenters. The van der Waals surface area contributed by atoms with E-state index in [9.17, 15) is 4.79 Å². The third-order valence-corrected chi connectivity index (χ3v) is 6.56. The summed E-state index contributed by atoms with van der Waals surface area (Å²) in [4.78, 5) is 18.9. The first-order chi connectivity index (χ1) is 16.0. The fourth-order valence-corrected chi connectivity index (χ4v) is 4.33. The summed E-state index contributed by atoms with van der Waals surface area (Å²) in [6, 6.07) is 25.5. The third kappa shape index (κ3) is 5.29. The van der Waals surface area contributed by atoms with Crippen molar-refractivity contribution in [2.45, 2.75) is 24.7 Å². The Kier molecular flexibility index (Phi) is 7.17. The standard InChI is InChI=1S/C28H25ClN2OS/c1-18(2)19-7-6-8-20(15-19)24-17-22(33-3)11-12-23(24)28(32)31-21-10-13-26(29)25(16-21)27-9-4-5-14-30-27/h4-18H,1-3H3,(H,31,32). The van der Waals surface area contributed by atoms with E-state index in [4.69, 9.17) is 11.6 Å². The highest BCUT2D eigenvalue weighted by atomic mass is 35.5. The molecule has 1 heterocycles. The van der Waals surface area contributed by atoms with E-state index in [1.807, 2.05) is 48.7 Å². The third-order valence-electron chi connectivity index (χ3n) is 5.50. The van der Waals surface area contributed by atoms with Crippen LogP contribution in [0.1, 0.15) is 35.7 Å². The predicted molar refractivity (Wildman–Crippen MR) is 140 cm³/mol. The number of nitrogens with one attached hydrogen (secondary N) is 1. The van der Waals surface area contributed by atoms with Gasteiger partial charge in [-0.3, -0.25) is 9.78 Å². The highest BCUT2D eigenvalue weighted by molar-refractivity contribution is 7.98. The first-order valence-corrected chi connectivity index (χ1v) is 12.4. The van der Waals surface area contributed by atoms with Gasteiger partial charge in [0.1, 0.15) is 0 Å². The Labute approximate surface area is 204 Å². The van der Waals surface area contributed by atoms with Crippen LogP contribution in [0.2, 0.25) is 5.02 Å². The number of aromatic nitrogens is 1. The molecule has 3 aromatic carbocycles. The lowest BCUT2D eigenvalue weighted by molar-refractivity contribution is 0.102. The molecular weight excluding hydrogens is 448 g/mol. The van der Waals surface area contributed by atoms with E-state index >= 15 is 0 Å². The maximum atomic E-state index is 13.4. The summed E-state index contributed by atoms with van der Waals surface area (Å²) in [5.41, 5.74) is 6.02. The van der Waals surface area contributed by atoms with Crippen LogP contribution < -0.4 is 5.32 Å². The van der Waals surface area contributed by atoms with Crippen molar-refractivity contribution in [2.75, 3.05) is 11.6 Å². The molecule has 1 N–H and O–H groups in total.